The summed E-state index contributed by atoms with van der Waals surface area (Å²) < 4.78 is 31.4. The van der Waals surface area contributed by atoms with Gasteiger partial charge in [0, 0.05) is 6.07 Å². The summed E-state index contributed by atoms with van der Waals surface area (Å²) in [6.45, 7) is 2.22. The van der Waals surface area contributed by atoms with E-state index in [1.165, 1.54) is 17.2 Å². The fourth-order valence-corrected chi connectivity index (χ4v) is 3.59. The fourth-order valence-electron chi connectivity index (χ4n) is 3.59. The summed E-state index contributed by atoms with van der Waals surface area (Å²) in [5.41, 5.74) is 4.92. The van der Waals surface area contributed by atoms with Crippen LogP contribution >= 0.6 is 0 Å². The molecule has 0 aliphatic carbocycles. The maximum Gasteiger partial charge on any atom is 0.343 e. The highest BCUT2D eigenvalue weighted by molar-refractivity contribution is 5.91. The van der Waals surface area contributed by atoms with E-state index in [1.54, 1.807) is 12.1 Å². The number of rotatable bonds is 6. The van der Waals surface area contributed by atoms with Crippen molar-refractivity contribution in [3.63, 3.8) is 0 Å². The number of carbonyl (C=O) groups is 1. The number of halogens is 2. The Kier molecular flexibility index (Phi) is 6.41. The average molecular weight is 428 g/mol. The Morgan fingerprint density at radius 3 is 2.03 bits per heavy atom. The van der Waals surface area contributed by atoms with Crippen LogP contribution in [0.1, 0.15) is 34.3 Å². The van der Waals surface area contributed by atoms with Crippen LogP contribution in [0.5, 0.6) is 5.75 Å². The minimum atomic E-state index is -1.06. The molecule has 0 saturated carbocycles. The summed E-state index contributed by atoms with van der Waals surface area (Å²) in [6, 6.07) is 28.8. The van der Waals surface area contributed by atoms with Gasteiger partial charge >= 0.3 is 5.97 Å². The number of benzene rings is 4. The van der Waals surface area contributed by atoms with Gasteiger partial charge in [-0.2, -0.15) is 0 Å². The maximum atomic E-state index is 13.3. The van der Waals surface area contributed by atoms with Crippen LogP contribution in [0.15, 0.2) is 97.1 Å². The first-order valence-corrected chi connectivity index (χ1v) is 10.4. The third-order valence-corrected chi connectivity index (χ3v) is 5.42. The van der Waals surface area contributed by atoms with E-state index in [9.17, 15) is 13.6 Å². The SMILES string of the molecule is C[C@H](Cc1ccc(-c2ccc(C(=O)Oc3ccc(F)c(F)c3)cc2)cc1)c1ccccc1. The van der Waals surface area contributed by atoms with Crippen LogP contribution in [0.3, 0.4) is 0 Å². The van der Waals surface area contributed by atoms with E-state index in [0.29, 0.717) is 11.5 Å². The highest BCUT2D eigenvalue weighted by Gasteiger charge is 2.11. The lowest BCUT2D eigenvalue weighted by Crippen LogP contribution is -2.08. The molecule has 0 amide bonds. The number of hydrogen-bond donors (Lipinski definition) is 0. The third kappa shape index (κ3) is 5.09. The Labute approximate surface area is 186 Å². The third-order valence-electron chi connectivity index (χ3n) is 5.42. The van der Waals surface area contributed by atoms with E-state index < -0.39 is 17.6 Å². The Morgan fingerprint density at radius 1 is 0.781 bits per heavy atom. The zero-order valence-electron chi connectivity index (χ0n) is 17.6. The van der Waals surface area contributed by atoms with E-state index in [1.807, 2.05) is 18.2 Å². The molecule has 32 heavy (non-hydrogen) atoms. The van der Waals surface area contributed by atoms with Crippen molar-refractivity contribution in [2.24, 2.45) is 0 Å². The molecule has 4 aromatic carbocycles. The Morgan fingerprint density at radius 2 is 1.41 bits per heavy atom. The molecule has 0 fully saturated rings. The molecule has 0 heterocycles. The van der Waals surface area contributed by atoms with Crippen molar-refractivity contribution in [2.75, 3.05) is 0 Å². The second kappa shape index (κ2) is 9.56. The summed E-state index contributed by atoms with van der Waals surface area (Å²) in [6.07, 6.45) is 0.957. The summed E-state index contributed by atoms with van der Waals surface area (Å²) in [7, 11) is 0. The lowest BCUT2D eigenvalue weighted by Gasteiger charge is -2.12. The summed E-state index contributed by atoms with van der Waals surface area (Å²) in [4.78, 5) is 12.3. The molecule has 0 spiro atoms. The number of esters is 1. The number of ether oxygens (including phenoxy) is 1. The largest absolute Gasteiger partial charge is 0.423 e. The lowest BCUT2D eigenvalue weighted by molar-refractivity contribution is 0.0734. The monoisotopic (exact) mass is 428 g/mol. The summed E-state index contributed by atoms with van der Waals surface area (Å²) in [5, 5.41) is 0. The zero-order chi connectivity index (χ0) is 22.5. The van der Waals surface area contributed by atoms with Crippen molar-refractivity contribution in [1.82, 2.24) is 0 Å². The van der Waals surface area contributed by atoms with Crippen molar-refractivity contribution in [3.05, 3.63) is 125 Å². The van der Waals surface area contributed by atoms with Crippen LogP contribution in [-0.4, -0.2) is 5.97 Å². The van der Waals surface area contributed by atoms with E-state index in [0.717, 1.165) is 29.7 Å². The van der Waals surface area contributed by atoms with Crippen molar-refractivity contribution < 1.29 is 18.3 Å². The van der Waals surface area contributed by atoms with Gasteiger partial charge in [-0.1, -0.05) is 73.7 Å². The van der Waals surface area contributed by atoms with Gasteiger partial charge in [0.05, 0.1) is 5.56 Å². The van der Waals surface area contributed by atoms with Crippen molar-refractivity contribution in [3.8, 4) is 16.9 Å². The Balaban J connectivity index is 1.41. The number of carbonyl (C=O) groups excluding carboxylic acids is 1. The minimum absolute atomic E-state index is 0.0432. The van der Waals surface area contributed by atoms with Crippen molar-refractivity contribution in [1.29, 1.82) is 0 Å². The molecule has 4 rings (SSSR count). The molecule has 0 aliphatic rings. The van der Waals surface area contributed by atoms with E-state index in [-0.39, 0.29) is 5.75 Å². The van der Waals surface area contributed by atoms with Crippen LogP contribution in [0.25, 0.3) is 11.1 Å². The van der Waals surface area contributed by atoms with Crippen LogP contribution < -0.4 is 4.74 Å². The Hall–Kier alpha value is -3.79. The highest BCUT2D eigenvalue weighted by atomic mass is 19.2. The van der Waals surface area contributed by atoms with Crippen molar-refractivity contribution in [2.45, 2.75) is 19.3 Å². The van der Waals surface area contributed by atoms with E-state index in [4.69, 9.17) is 4.74 Å². The standard InChI is InChI=1S/C28H22F2O2/c1-19(21-5-3-2-4-6-21)17-20-7-9-22(10-8-20)23-11-13-24(14-12-23)28(31)32-25-15-16-26(29)27(30)18-25/h2-16,18-19H,17H2,1H3/t19-/m1/s1. The predicted octanol–water partition coefficient (Wildman–Crippen LogP) is 7.20. The molecule has 0 bridgehead atoms. The quantitative estimate of drug-likeness (QED) is 0.240. The van der Waals surface area contributed by atoms with Crippen LogP contribution in [0.2, 0.25) is 0 Å². The van der Waals surface area contributed by atoms with Crippen LogP contribution in [0.4, 0.5) is 8.78 Å². The van der Waals surface area contributed by atoms with E-state index in [2.05, 4.69) is 55.5 Å². The second-order valence-electron chi connectivity index (χ2n) is 7.76. The van der Waals surface area contributed by atoms with Crippen LogP contribution in [0, 0.1) is 11.6 Å². The molecule has 160 valence electrons. The van der Waals surface area contributed by atoms with E-state index >= 15 is 0 Å². The molecular formula is C28H22F2O2. The van der Waals surface area contributed by atoms with Gasteiger partial charge in [0.1, 0.15) is 5.75 Å². The van der Waals surface area contributed by atoms with Gasteiger partial charge in [0.25, 0.3) is 0 Å². The number of hydrogen-bond acceptors (Lipinski definition) is 2. The first kappa shape index (κ1) is 21.4. The van der Waals surface area contributed by atoms with Gasteiger partial charge in [-0.05, 0) is 58.9 Å². The van der Waals surface area contributed by atoms with Crippen molar-refractivity contribution >= 4 is 5.97 Å². The average Bonchev–Trinajstić information content (AvgIpc) is 2.82. The normalized spacial score (nSPS) is 11.7. The summed E-state index contributed by atoms with van der Waals surface area (Å²) in [5.74, 6) is -2.30. The minimum Gasteiger partial charge on any atom is -0.423 e. The molecule has 0 unspecified atom stereocenters. The highest BCUT2D eigenvalue weighted by Crippen LogP contribution is 2.25. The fraction of sp³-hybridized carbons (Fsp3) is 0.107. The van der Waals surface area contributed by atoms with Gasteiger partial charge in [0.15, 0.2) is 11.6 Å². The van der Waals surface area contributed by atoms with Gasteiger partial charge in [-0.25, -0.2) is 13.6 Å². The smallest absolute Gasteiger partial charge is 0.343 e. The molecule has 0 N–H and O–H groups in total. The first-order valence-electron chi connectivity index (χ1n) is 10.4. The van der Waals surface area contributed by atoms with Gasteiger partial charge < -0.3 is 4.74 Å². The first-order chi connectivity index (χ1) is 15.5. The summed E-state index contributed by atoms with van der Waals surface area (Å²) >= 11 is 0. The molecule has 0 radical (unpaired) electrons. The predicted molar refractivity (Wildman–Crippen MR) is 122 cm³/mol. The zero-order valence-corrected chi connectivity index (χ0v) is 17.6. The molecule has 1 atom stereocenters. The van der Waals surface area contributed by atoms with Gasteiger partial charge in [-0.15, -0.1) is 0 Å². The molecule has 4 heteroatoms. The van der Waals surface area contributed by atoms with Gasteiger partial charge in [0.2, 0.25) is 0 Å². The molecule has 2 nitrogen and oxygen atoms in total. The van der Waals surface area contributed by atoms with Crippen LogP contribution in [-0.2, 0) is 6.42 Å². The molecule has 0 saturated heterocycles. The molecular weight excluding hydrogens is 406 g/mol. The van der Waals surface area contributed by atoms with Gasteiger partial charge in [-0.3, -0.25) is 0 Å². The molecule has 4 aromatic rings. The second-order valence-corrected chi connectivity index (χ2v) is 7.76. The topological polar surface area (TPSA) is 26.3 Å². The Bertz CT molecular complexity index is 1200. The molecule has 0 aliphatic heterocycles. The maximum absolute atomic E-state index is 13.3. The molecule has 0 aromatic heterocycles. The lowest BCUT2D eigenvalue weighted by atomic mass is 9.93.